The second kappa shape index (κ2) is 7.82. The Kier molecular flexibility index (Phi) is 6.40. The molecule has 1 rings (SSSR count). The highest BCUT2D eigenvalue weighted by atomic mass is 16.1. The third kappa shape index (κ3) is 4.27. The first-order valence-corrected chi connectivity index (χ1v) is 7.32. The summed E-state index contributed by atoms with van der Waals surface area (Å²) in [6, 6.07) is 8.13. The average Bonchev–Trinajstić information content (AvgIpc) is 2.46. The van der Waals surface area contributed by atoms with Crippen LogP contribution in [0.25, 0.3) is 0 Å². The van der Waals surface area contributed by atoms with Gasteiger partial charge in [-0.1, -0.05) is 13.8 Å². The number of carbonyl (C=O) groups is 1. The zero-order chi connectivity index (χ0) is 14.3. The minimum Gasteiger partial charge on any atom is -0.372 e. The summed E-state index contributed by atoms with van der Waals surface area (Å²) in [6.07, 6.45) is 1.94. The highest BCUT2D eigenvalue weighted by Gasteiger charge is 2.11. The Bertz CT molecular complexity index is 378. The van der Waals surface area contributed by atoms with Gasteiger partial charge in [-0.25, -0.2) is 0 Å². The number of rotatable bonds is 7. The lowest BCUT2D eigenvalue weighted by molar-refractivity contribution is 0.0935. The van der Waals surface area contributed by atoms with Crippen molar-refractivity contribution in [1.82, 2.24) is 5.32 Å². The van der Waals surface area contributed by atoms with E-state index < -0.39 is 0 Å². The summed E-state index contributed by atoms with van der Waals surface area (Å²) in [5, 5.41) is 3.06. The quantitative estimate of drug-likeness (QED) is 0.816. The summed E-state index contributed by atoms with van der Waals surface area (Å²) in [5.41, 5.74) is 1.91. The summed E-state index contributed by atoms with van der Waals surface area (Å²) in [6.45, 7) is 10.4. The molecule has 0 bridgehead atoms. The van der Waals surface area contributed by atoms with Crippen LogP contribution < -0.4 is 10.2 Å². The molecule has 0 spiro atoms. The SMILES string of the molecule is CCC(CC)NC(=O)c1ccc(N(CC)CC)cc1. The zero-order valence-corrected chi connectivity index (χ0v) is 12.6. The molecule has 0 saturated carbocycles. The van der Waals surface area contributed by atoms with E-state index in [1.54, 1.807) is 0 Å². The van der Waals surface area contributed by atoms with E-state index in [-0.39, 0.29) is 11.9 Å². The maximum absolute atomic E-state index is 12.1. The number of amides is 1. The molecule has 0 heterocycles. The molecular formula is C16H26N2O. The molecular weight excluding hydrogens is 236 g/mol. The number of nitrogens with one attached hydrogen (secondary N) is 1. The minimum absolute atomic E-state index is 0.0276. The van der Waals surface area contributed by atoms with E-state index in [0.717, 1.165) is 31.5 Å². The summed E-state index contributed by atoms with van der Waals surface area (Å²) in [5.74, 6) is 0.0276. The molecule has 1 aromatic carbocycles. The average molecular weight is 262 g/mol. The van der Waals surface area contributed by atoms with Gasteiger partial charge in [-0.15, -0.1) is 0 Å². The minimum atomic E-state index is 0.0276. The van der Waals surface area contributed by atoms with Crippen LogP contribution in [-0.2, 0) is 0 Å². The molecule has 1 N–H and O–H groups in total. The third-order valence-electron chi connectivity index (χ3n) is 3.58. The van der Waals surface area contributed by atoms with Gasteiger partial charge in [0.05, 0.1) is 0 Å². The first-order valence-electron chi connectivity index (χ1n) is 7.32. The van der Waals surface area contributed by atoms with Gasteiger partial charge in [0.1, 0.15) is 0 Å². The van der Waals surface area contributed by atoms with Crippen molar-refractivity contribution >= 4 is 11.6 Å². The van der Waals surface area contributed by atoms with E-state index in [2.05, 4.69) is 37.9 Å². The second-order valence-electron chi connectivity index (χ2n) is 4.71. The summed E-state index contributed by atoms with van der Waals surface area (Å²) >= 11 is 0. The van der Waals surface area contributed by atoms with E-state index in [9.17, 15) is 4.79 Å². The fourth-order valence-corrected chi connectivity index (χ4v) is 2.17. The molecule has 0 fully saturated rings. The van der Waals surface area contributed by atoms with Crippen LogP contribution in [0.3, 0.4) is 0 Å². The van der Waals surface area contributed by atoms with Crippen LogP contribution in [0.1, 0.15) is 50.9 Å². The van der Waals surface area contributed by atoms with Gasteiger partial charge >= 0.3 is 0 Å². The molecule has 0 aliphatic rings. The molecule has 106 valence electrons. The Morgan fingerprint density at radius 3 is 2.00 bits per heavy atom. The van der Waals surface area contributed by atoms with Crippen molar-refractivity contribution in [2.45, 2.75) is 46.6 Å². The van der Waals surface area contributed by atoms with Gasteiger partial charge < -0.3 is 10.2 Å². The van der Waals surface area contributed by atoms with Crippen molar-refractivity contribution in [3.8, 4) is 0 Å². The predicted octanol–water partition coefficient (Wildman–Crippen LogP) is 3.45. The van der Waals surface area contributed by atoms with Crippen molar-refractivity contribution in [2.75, 3.05) is 18.0 Å². The lowest BCUT2D eigenvalue weighted by Crippen LogP contribution is -2.33. The first kappa shape index (κ1) is 15.5. The largest absolute Gasteiger partial charge is 0.372 e. The second-order valence-corrected chi connectivity index (χ2v) is 4.71. The number of hydrogen-bond donors (Lipinski definition) is 1. The van der Waals surface area contributed by atoms with Gasteiger partial charge in [0.2, 0.25) is 0 Å². The number of carbonyl (C=O) groups excluding carboxylic acids is 1. The maximum Gasteiger partial charge on any atom is 0.251 e. The summed E-state index contributed by atoms with van der Waals surface area (Å²) in [7, 11) is 0. The van der Waals surface area contributed by atoms with E-state index in [4.69, 9.17) is 0 Å². The molecule has 3 heteroatoms. The molecule has 0 aliphatic heterocycles. The van der Waals surface area contributed by atoms with Crippen molar-refractivity contribution in [3.05, 3.63) is 29.8 Å². The zero-order valence-electron chi connectivity index (χ0n) is 12.6. The maximum atomic E-state index is 12.1. The van der Waals surface area contributed by atoms with Crippen LogP contribution in [0.2, 0.25) is 0 Å². The monoisotopic (exact) mass is 262 g/mol. The van der Waals surface area contributed by atoms with Crippen LogP contribution in [-0.4, -0.2) is 25.0 Å². The fraction of sp³-hybridized carbons (Fsp3) is 0.562. The molecule has 0 radical (unpaired) electrons. The van der Waals surface area contributed by atoms with Gasteiger partial charge in [-0.05, 0) is 51.0 Å². The molecule has 1 amide bonds. The first-order chi connectivity index (χ1) is 9.15. The molecule has 0 unspecified atom stereocenters. The molecule has 0 saturated heterocycles. The van der Waals surface area contributed by atoms with Crippen molar-refractivity contribution < 1.29 is 4.79 Å². The smallest absolute Gasteiger partial charge is 0.251 e. The molecule has 0 atom stereocenters. The van der Waals surface area contributed by atoms with Crippen LogP contribution in [0, 0.1) is 0 Å². The Hall–Kier alpha value is -1.51. The van der Waals surface area contributed by atoms with E-state index in [1.807, 2.05) is 24.3 Å². The van der Waals surface area contributed by atoms with Crippen LogP contribution in [0.15, 0.2) is 24.3 Å². The van der Waals surface area contributed by atoms with Crippen LogP contribution in [0.5, 0.6) is 0 Å². The molecule has 0 aliphatic carbocycles. The van der Waals surface area contributed by atoms with E-state index >= 15 is 0 Å². The van der Waals surface area contributed by atoms with Gasteiger partial charge in [0.25, 0.3) is 5.91 Å². The molecule has 1 aromatic rings. The highest BCUT2D eigenvalue weighted by molar-refractivity contribution is 5.94. The van der Waals surface area contributed by atoms with Crippen LogP contribution in [0.4, 0.5) is 5.69 Å². The molecule has 19 heavy (non-hydrogen) atoms. The van der Waals surface area contributed by atoms with Crippen molar-refractivity contribution in [3.63, 3.8) is 0 Å². The normalized spacial score (nSPS) is 10.6. The summed E-state index contributed by atoms with van der Waals surface area (Å²) in [4.78, 5) is 14.3. The Morgan fingerprint density at radius 1 is 1.05 bits per heavy atom. The number of hydrogen-bond acceptors (Lipinski definition) is 2. The van der Waals surface area contributed by atoms with Gasteiger partial charge in [0.15, 0.2) is 0 Å². The predicted molar refractivity (Wildman–Crippen MR) is 81.8 cm³/mol. The highest BCUT2D eigenvalue weighted by Crippen LogP contribution is 2.15. The van der Waals surface area contributed by atoms with E-state index in [0.29, 0.717) is 0 Å². The Labute approximate surface area is 117 Å². The third-order valence-corrected chi connectivity index (χ3v) is 3.58. The molecule has 0 aromatic heterocycles. The van der Waals surface area contributed by atoms with E-state index in [1.165, 1.54) is 5.69 Å². The Balaban J connectivity index is 2.72. The standard InChI is InChI=1S/C16H26N2O/c1-5-14(6-2)17-16(19)13-9-11-15(12-10-13)18(7-3)8-4/h9-12,14H,5-8H2,1-4H3,(H,17,19). The summed E-state index contributed by atoms with van der Waals surface area (Å²) < 4.78 is 0. The van der Waals surface area contributed by atoms with Crippen molar-refractivity contribution in [1.29, 1.82) is 0 Å². The van der Waals surface area contributed by atoms with Crippen molar-refractivity contribution in [2.24, 2.45) is 0 Å². The Morgan fingerprint density at radius 2 is 1.58 bits per heavy atom. The lowest BCUT2D eigenvalue weighted by atomic mass is 10.1. The fourth-order valence-electron chi connectivity index (χ4n) is 2.17. The van der Waals surface area contributed by atoms with Gasteiger partial charge in [-0.3, -0.25) is 4.79 Å². The number of anilines is 1. The van der Waals surface area contributed by atoms with Gasteiger partial charge in [-0.2, -0.15) is 0 Å². The molecule has 3 nitrogen and oxygen atoms in total. The number of benzene rings is 1. The number of nitrogens with zero attached hydrogens (tertiary/aromatic N) is 1. The van der Waals surface area contributed by atoms with Crippen LogP contribution >= 0.6 is 0 Å². The lowest BCUT2D eigenvalue weighted by Gasteiger charge is -2.21. The van der Waals surface area contributed by atoms with Gasteiger partial charge in [0, 0.05) is 30.4 Å². The topological polar surface area (TPSA) is 32.3 Å².